The van der Waals surface area contributed by atoms with E-state index >= 15 is 0 Å². The summed E-state index contributed by atoms with van der Waals surface area (Å²) in [6.07, 6.45) is 2.49. The van der Waals surface area contributed by atoms with Gasteiger partial charge in [0, 0.05) is 24.0 Å². The predicted octanol–water partition coefficient (Wildman–Crippen LogP) is 2.61. The van der Waals surface area contributed by atoms with Gasteiger partial charge in [-0.1, -0.05) is 18.7 Å². The zero-order chi connectivity index (χ0) is 14.5. The van der Waals surface area contributed by atoms with Gasteiger partial charge in [-0.05, 0) is 13.8 Å². The molecule has 2 rings (SSSR count). The van der Waals surface area contributed by atoms with E-state index in [2.05, 4.69) is 38.9 Å². The van der Waals surface area contributed by atoms with Crippen molar-refractivity contribution in [3.8, 4) is 0 Å². The molecule has 2 aromatic heterocycles. The van der Waals surface area contributed by atoms with E-state index in [0.717, 1.165) is 17.4 Å². The van der Waals surface area contributed by atoms with Crippen molar-refractivity contribution in [2.45, 2.75) is 38.4 Å². The molecule has 0 spiro atoms. The van der Waals surface area contributed by atoms with Gasteiger partial charge in [0.2, 0.25) is 5.91 Å². The number of aryl methyl sites for hydroxylation is 1. The predicted molar refractivity (Wildman–Crippen MR) is 81.3 cm³/mol. The summed E-state index contributed by atoms with van der Waals surface area (Å²) in [4.78, 5) is 15.8. The Bertz CT molecular complexity index is 564. The smallest absolute Gasteiger partial charge is 0.236 e. The minimum Gasteiger partial charge on any atom is -0.303 e. The molecular formula is C12H17N5OS2. The summed E-state index contributed by atoms with van der Waals surface area (Å²) in [5, 5.41) is 14.3. The average Bonchev–Trinajstić information content (AvgIpc) is 3.04. The molecule has 0 unspecified atom stereocenters. The lowest BCUT2D eigenvalue weighted by molar-refractivity contribution is -0.113. The first kappa shape index (κ1) is 15.0. The average molecular weight is 311 g/mol. The van der Waals surface area contributed by atoms with Crippen molar-refractivity contribution < 1.29 is 4.79 Å². The zero-order valence-electron chi connectivity index (χ0n) is 11.7. The molecule has 2 aromatic rings. The van der Waals surface area contributed by atoms with E-state index in [1.807, 2.05) is 12.3 Å². The summed E-state index contributed by atoms with van der Waals surface area (Å²) in [6.45, 7) is 6.22. The molecule has 6 nitrogen and oxygen atoms in total. The fourth-order valence-corrected chi connectivity index (χ4v) is 3.17. The molecule has 0 aliphatic carbocycles. The number of carbonyl (C=O) groups is 1. The quantitative estimate of drug-likeness (QED) is 0.830. The Morgan fingerprint density at radius 2 is 2.30 bits per heavy atom. The highest BCUT2D eigenvalue weighted by atomic mass is 32.2. The third kappa shape index (κ3) is 3.57. The number of anilines is 1. The SMILES string of the molecule is CCc1nnc(SCC(=O)Nc2nccs2)n1C(C)C. The molecule has 108 valence electrons. The molecule has 8 heteroatoms. The highest BCUT2D eigenvalue weighted by molar-refractivity contribution is 7.99. The Kier molecular flexibility index (Phi) is 5.13. The third-order valence-corrected chi connectivity index (χ3v) is 4.21. The summed E-state index contributed by atoms with van der Waals surface area (Å²) in [6, 6.07) is 0.282. The molecule has 20 heavy (non-hydrogen) atoms. The lowest BCUT2D eigenvalue weighted by atomic mass is 10.3. The van der Waals surface area contributed by atoms with Crippen molar-refractivity contribution in [1.82, 2.24) is 19.7 Å². The van der Waals surface area contributed by atoms with Gasteiger partial charge in [-0.3, -0.25) is 4.79 Å². The second-order valence-electron chi connectivity index (χ2n) is 4.39. The first-order valence-electron chi connectivity index (χ1n) is 6.37. The van der Waals surface area contributed by atoms with Crippen LogP contribution in [0.2, 0.25) is 0 Å². The maximum atomic E-state index is 11.8. The molecule has 0 aliphatic rings. The highest BCUT2D eigenvalue weighted by Gasteiger charge is 2.15. The van der Waals surface area contributed by atoms with Gasteiger partial charge in [0.1, 0.15) is 5.82 Å². The van der Waals surface area contributed by atoms with Crippen molar-refractivity contribution in [2.75, 3.05) is 11.1 Å². The Morgan fingerprint density at radius 3 is 2.90 bits per heavy atom. The van der Waals surface area contributed by atoms with Crippen LogP contribution in [0.25, 0.3) is 0 Å². The van der Waals surface area contributed by atoms with E-state index < -0.39 is 0 Å². The minimum absolute atomic E-state index is 0.0821. The summed E-state index contributed by atoms with van der Waals surface area (Å²) in [5.41, 5.74) is 0. The fourth-order valence-electron chi connectivity index (χ4n) is 1.74. The Morgan fingerprint density at radius 1 is 1.50 bits per heavy atom. The Balaban J connectivity index is 1.97. The van der Waals surface area contributed by atoms with Crippen molar-refractivity contribution in [1.29, 1.82) is 0 Å². The maximum Gasteiger partial charge on any atom is 0.236 e. The number of carbonyl (C=O) groups excluding carboxylic acids is 1. The first-order valence-corrected chi connectivity index (χ1v) is 8.24. The number of aromatic nitrogens is 4. The molecule has 0 aromatic carbocycles. The summed E-state index contributed by atoms with van der Waals surface area (Å²) in [7, 11) is 0. The standard InChI is InChI=1S/C12H17N5OS2/c1-4-9-15-16-12(17(9)8(2)3)20-7-10(18)14-11-13-5-6-19-11/h5-6,8H,4,7H2,1-3H3,(H,13,14,18). The van der Waals surface area contributed by atoms with Gasteiger partial charge < -0.3 is 9.88 Å². The van der Waals surface area contributed by atoms with Crippen LogP contribution in [-0.2, 0) is 11.2 Å². The Labute approximate surface area is 126 Å². The van der Waals surface area contributed by atoms with E-state index in [9.17, 15) is 4.79 Å². The van der Waals surface area contributed by atoms with E-state index in [1.165, 1.54) is 23.1 Å². The number of hydrogen-bond acceptors (Lipinski definition) is 6. The number of hydrogen-bond donors (Lipinski definition) is 1. The van der Waals surface area contributed by atoms with Crippen LogP contribution in [0.5, 0.6) is 0 Å². The zero-order valence-corrected chi connectivity index (χ0v) is 13.3. The molecule has 0 atom stereocenters. The molecule has 1 N–H and O–H groups in total. The van der Waals surface area contributed by atoms with Crippen LogP contribution in [0.15, 0.2) is 16.7 Å². The van der Waals surface area contributed by atoms with E-state index in [0.29, 0.717) is 10.9 Å². The number of rotatable bonds is 6. The van der Waals surface area contributed by atoms with Crippen molar-refractivity contribution in [3.05, 3.63) is 17.4 Å². The van der Waals surface area contributed by atoms with Gasteiger partial charge in [-0.25, -0.2) is 4.98 Å². The Hall–Kier alpha value is -1.41. The number of amides is 1. The van der Waals surface area contributed by atoms with E-state index in [1.54, 1.807) is 6.20 Å². The van der Waals surface area contributed by atoms with E-state index in [4.69, 9.17) is 0 Å². The molecule has 0 saturated heterocycles. The molecular weight excluding hydrogens is 294 g/mol. The molecule has 0 aliphatic heterocycles. The van der Waals surface area contributed by atoms with Crippen LogP contribution in [0, 0.1) is 0 Å². The second-order valence-corrected chi connectivity index (χ2v) is 6.23. The maximum absolute atomic E-state index is 11.8. The molecule has 0 radical (unpaired) electrons. The number of thioether (sulfide) groups is 1. The molecule has 0 fully saturated rings. The van der Waals surface area contributed by atoms with Crippen molar-refractivity contribution >= 4 is 34.1 Å². The van der Waals surface area contributed by atoms with Gasteiger partial charge >= 0.3 is 0 Å². The summed E-state index contributed by atoms with van der Waals surface area (Å²) in [5.74, 6) is 1.16. The molecule has 0 bridgehead atoms. The van der Waals surface area contributed by atoms with Gasteiger partial charge in [-0.15, -0.1) is 21.5 Å². The number of nitrogens with one attached hydrogen (secondary N) is 1. The van der Waals surface area contributed by atoms with Crippen LogP contribution in [0.4, 0.5) is 5.13 Å². The number of thiazole rings is 1. The fraction of sp³-hybridized carbons (Fsp3) is 0.500. The van der Waals surface area contributed by atoms with Crippen LogP contribution < -0.4 is 5.32 Å². The third-order valence-electron chi connectivity index (χ3n) is 2.58. The van der Waals surface area contributed by atoms with Crippen LogP contribution >= 0.6 is 23.1 Å². The van der Waals surface area contributed by atoms with Crippen molar-refractivity contribution in [2.24, 2.45) is 0 Å². The molecule has 1 amide bonds. The highest BCUT2D eigenvalue weighted by Crippen LogP contribution is 2.22. The van der Waals surface area contributed by atoms with Crippen LogP contribution in [0.1, 0.15) is 32.6 Å². The molecule has 0 saturated carbocycles. The monoisotopic (exact) mass is 311 g/mol. The lowest BCUT2D eigenvalue weighted by Crippen LogP contribution is -2.15. The van der Waals surface area contributed by atoms with Crippen LogP contribution in [0.3, 0.4) is 0 Å². The summed E-state index contributed by atoms with van der Waals surface area (Å²) < 4.78 is 2.07. The molecule has 2 heterocycles. The van der Waals surface area contributed by atoms with E-state index in [-0.39, 0.29) is 11.9 Å². The number of nitrogens with zero attached hydrogens (tertiary/aromatic N) is 4. The normalized spacial score (nSPS) is 11.0. The lowest BCUT2D eigenvalue weighted by Gasteiger charge is -2.12. The minimum atomic E-state index is -0.0821. The first-order chi connectivity index (χ1) is 9.61. The summed E-state index contributed by atoms with van der Waals surface area (Å²) >= 11 is 2.80. The second kappa shape index (κ2) is 6.85. The van der Waals surface area contributed by atoms with Gasteiger partial charge in [-0.2, -0.15) is 0 Å². The topological polar surface area (TPSA) is 72.7 Å². The van der Waals surface area contributed by atoms with Gasteiger partial charge in [0.15, 0.2) is 10.3 Å². The van der Waals surface area contributed by atoms with Gasteiger partial charge in [0.25, 0.3) is 0 Å². The largest absolute Gasteiger partial charge is 0.303 e. The van der Waals surface area contributed by atoms with Crippen LogP contribution in [-0.4, -0.2) is 31.4 Å². The van der Waals surface area contributed by atoms with Gasteiger partial charge in [0.05, 0.1) is 5.75 Å². The van der Waals surface area contributed by atoms with Crippen molar-refractivity contribution in [3.63, 3.8) is 0 Å².